The van der Waals surface area contributed by atoms with Crippen LogP contribution < -0.4 is 0 Å². The Kier molecular flexibility index (Phi) is 3.81. The fourth-order valence-corrected chi connectivity index (χ4v) is 2.70. The molecule has 0 radical (unpaired) electrons. The molecular formula is C13H15NO3S. The molecule has 0 fully saturated rings. The molecule has 2 aromatic rings. The van der Waals surface area contributed by atoms with E-state index < -0.39 is 0 Å². The minimum Gasteiger partial charge on any atom is -0.468 e. The van der Waals surface area contributed by atoms with E-state index in [-0.39, 0.29) is 11.9 Å². The van der Waals surface area contributed by atoms with Crippen molar-refractivity contribution in [2.24, 2.45) is 0 Å². The third-order valence-electron chi connectivity index (χ3n) is 2.71. The van der Waals surface area contributed by atoms with E-state index in [1.807, 2.05) is 31.4 Å². The van der Waals surface area contributed by atoms with Gasteiger partial charge in [-0.15, -0.1) is 11.3 Å². The van der Waals surface area contributed by atoms with Crippen LogP contribution in [-0.4, -0.2) is 18.1 Å². The minimum atomic E-state index is -0.287. The molecule has 2 heterocycles. The molecule has 5 heteroatoms. The van der Waals surface area contributed by atoms with Gasteiger partial charge in [-0.2, -0.15) is 0 Å². The Labute approximate surface area is 110 Å². The van der Waals surface area contributed by atoms with Gasteiger partial charge in [0.25, 0.3) is 0 Å². The summed E-state index contributed by atoms with van der Waals surface area (Å²) in [5, 5.41) is 2.67. The van der Waals surface area contributed by atoms with Crippen molar-refractivity contribution < 1.29 is 13.9 Å². The maximum absolute atomic E-state index is 11.6. The molecule has 0 saturated heterocycles. The van der Waals surface area contributed by atoms with Crippen molar-refractivity contribution in [1.29, 1.82) is 0 Å². The van der Waals surface area contributed by atoms with Gasteiger partial charge in [0.15, 0.2) is 5.76 Å². The van der Waals surface area contributed by atoms with Crippen LogP contribution in [0, 0.1) is 6.92 Å². The number of furan rings is 1. The Morgan fingerprint density at radius 3 is 2.89 bits per heavy atom. The SMILES string of the molecule is CCC(C(=O)OC)c1nc(-c2ccc(C)o2)cs1. The summed E-state index contributed by atoms with van der Waals surface area (Å²) < 4.78 is 10.3. The highest BCUT2D eigenvalue weighted by atomic mass is 32.1. The van der Waals surface area contributed by atoms with Gasteiger partial charge in [0.05, 0.1) is 7.11 Å². The summed E-state index contributed by atoms with van der Waals surface area (Å²) in [6.45, 7) is 3.83. The summed E-state index contributed by atoms with van der Waals surface area (Å²) in [6, 6.07) is 3.78. The van der Waals surface area contributed by atoms with Gasteiger partial charge in [0.1, 0.15) is 22.4 Å². The molecule has 0 aromatic carbocycles. The second-order valence-corrected chi connectivity index (χ2v) is 4.85. The lowest BCUT2D eigenvalue weighted by Crippen LogP contribution is -2.13. The van der Waals surface area contributed by atoms with E-state index in [2.05, 4.69) is 4.98 Å². The summed E-state index contributed by atoms with van der Waals surface area (Å²) in [4.78, 5) is 16.1. The molecular weight excluding hydrogens is 250 g/mol. The van der Waals surface area contributed by atoms with Crippen molar-refractivity contribution in [2.45, 2.75) is 26.2 Å². The zero-order valence-electron chi connectivity index (χ0n) is 10.6. The quantitative estimate of drug-likeness (QED) is 0.795. The average molecular weight is 265 g/mol. The summed E-state index contributed by atoms with van der Waals surface area (Å²) in [5.41, 5.74) is 0.769. The number of aromatic nitrogens is 1. The highest BCUT2D eigenvalue weighted by Gasteiger charge is 2.23. The highest BCUT2D eigenvalue weighted by molar-refractivity contribution is 7.10. The lowest BCUT2D eigenvalue weighted by molar-refractivity contribution is -0.142. The first-order chi connectivity index (χ1) is 8.65. The van der Waals surface area contributed by atoms with Crippen LogP contribution in [0.3, 0.4) is 0 Å². The number of thiazole rings is 1. The predicted molar refractivity (Wildman–Crippen MR) is 69.6 cm³/mol. The highest BCUT2D eigenvalue weighted by Crippen LogP contribution is 2.29. The average Bonchev–Trinajstić information content (AvgIpc) is 2.98. The number of aryl methyl sites for hydroxylation is 1. The summed E-state index contributed by atoms with van der Waals surface area (Å²) in [7, 11) is 1.40. The number of carbonyl (C=O) groups excluding carboxylic acids is 1. The van der Waals surface area contributed by atoms with Gasteiger partial charge in [-0.1, -0.05) is 6.92 Å². The third-order valence-corrected chi connectivity index (χ3v) is 3.67. The van der Waals surface area contributed by atoms with Crippen LogP contribution in [0.4, 0.5) is 0 Å². The van der Waals surface area contributed by atoms with E-state index in [0.717, 1.165) is 22.2 Å². The first-order valence-corrected chi connectivity index (χ1v) is 6.63. The van der Waals surface area contributed by atoms with Crippen LogP contribution in [0.25, 0.3) is 11.5 Å². The summed E-state index contributed by atoms with van der Waals surface area (Å²) in [6.07, 6.45) is 0.677. The van der Waals surface area contributed by atoms with E-state index in [9.17, 15) is 4.79 Å². The van der Waals surface area contributed by atoms with Gasteiger partial charge in [-0.3, -0.25) is 4.79 Å². The number of hydrogen-bond donors (Lipinski definition) is 0. The first-order valence-electron chi connectivity index (χ1n) is 5.75. The zero-order chi connectivity index (χ0) is 13.1. The van der Waals surface area contributed by atoms with Gasteiger partial charge in [0.2, 0.25) is 0 Å². The van der Waals surface area contributed by atoms with Gasteiger partial charge in [-0.25, -0.2) is 4.98 Å². The molecule has 96 valence electrons. The normalized spacial score (nSPS) is 12.4. The van der Waals surface area contributed by atoms with Crippen LogP contribution in [0.1, 0.15) is 30.0 Å². The molecule has 2 aromatic heterocycles. The molecule has 0 bridgehead atoms. The Morgan fingerprint density at radius 2 is 2.33 bits per heavy atom. The summed E-state index contributed by atoms with van der Waals surface area (Å²) >= 11 is 1.46. The molecule has 0 saturated carbocycles. The van der Waals surface area contributed by atoms with Crippen LogP contribution >= 0.6 is 11.3 Å². The standard InChI is InChI=1S/C13H15NO3S/c1-4-9(13(15)16-3)12-14-10(7-18-12)11-6-5-8(2)17-11/h5-7,9H,4H2,1-3H3. The number of rotatable bonds is 4. The largest absolute Gasteiger partial charge is 0.468 e. The Balaban J connectivity index is 2.27. The molecule has 2 rings (SSSR count). The van der Waals surface area contributed by atoms with Gasteiger partial charge < -0.3 is 9.15 Å². The lowest BCUT2D eigenvalue weighted by atomic mass is 10.1. The van der Waals surface area contributed by atoms with Crippen LogP contribution in [-0.2, 0) is 9.53 Å². The van der Waals surface area contributed by atoms with Crippen molar-refractivity contribution >= 4 is 17.3 Å². The van der Waals surface area contributed by atoms with Crippen LogP contribution in [0.15, 0.2) is 21.9 Å². The van der Waals surface area contributed by atoms with Crippen molar-refractivity contribution in [3.63, 3.8) is 0 Å². The monoisotopic (exact) mass is 265 g/mol. The predicted octanol–water partition coefficient (Wildman–Crippen LogP) is 3.38. The Hall–Kier alpha value is -1.62. The Bertz CT molecular complexity index is 544. The number of carbonyl (C=O) groups is 1. The number of hydrogen-bond acceptors (Lipinski definition) is 5. The minimum absolute atomic E-state index is 0.242. The molecule has 1 unspecified atom stereocenters. The van der Waals surface area contributed by atoms with Crippen molar-refractivity contribution in [2.75, 3.05) is 7.11 Å². The fraction of sp³-hybridized carbons (Fsp3) is 0.385. The molecule has 1 atom stereocenters. The van der Waals surface area contributed by atoms with Crippen LogP contribution in [0.2, 0.25) is 0 Å². The molecule has 0 N–H and O–H groups in total. The van der Waals surface area contributed by atoms with Gasteiger partial charge in [0, 0.05) is 5.38 Å². The van der Waals surface area contributed by atoms with Crippen LogP contribution in [0.5, 0.6) is 0 Å². The topological polar surface area (TPSA) is 52.3 Å². The number of methoxy groups -OCH3 is 1. The maximum Gasteiger partial charge on any atom is 0.315 e. The second kappa shape index (κ2) is 5.35. The van der Waals surface area contributed by atoms with E-state index in [1.165, 1.54) is 18.4 Å². The zero-order valence-corrected chi connectivity index (χ0v) is 11.4. The van der Waals surface area contributed by atoms with E-state index in [0.29, 0.717) is 6.42 Å². The van der Waals surface area contributed by atoms with E-state index >= 15 is 0 Å². The molecule has 4 nitrogen and oxygen atoms in total. The molecule has 0 aliphatic carbocycles. The van der Waals surface area contributed by atoms with E-state index in [1.54, 1.807) is 0 Å². The molecule has 0 spiro atoms. The number of ether oxygens (including phenoxy) is 1. The Morgan fingerprint density at radius 1 is 1.56 bits per heavy atom. The lowest BCUT2D eigenvalue weighted by Gasteiger charge is -2.08. The molecule has 0 aliphatic rings. The van der Waals surface area contributed by atoms with Crippen molar-refractivity contribution in [3.8, 4) is 11.5 Å². The smallest absolute Gasteiger partial charge is 0.315 e. The second-order valence-electron chi connectivity index (χ2n) is 3.97. The molecule has 0 aliphatic heterocycles. The number of esters is 1. The maximum atomic E-state index is 11.6. The van der Waals surface area contributed by atoms with Gasteiger partial charge >= 0.3 is 5.97 Å². The third kappa shape index (κ3) is 2.46. The molecule has 18 heavy (non-hydrogen) atoms. The van der Waals surface area contributed by atoms with Crippen molar-refractivity contribution in [3.05, 3.63) is 28.3 Å². The first kappa shape index (κ1) is 12.8. The number of nitrogens with zero attached hydrogens (tertiary/aromatic N) is 1. The van der Waals surface area contributed by atoms with Gasteiger partial charge in [-0.05, 0) is 25.5 Å². The van der Waals surface area contributed by atoms with E-state index in [4.69, 9.17) is 9.15 Å². The van der Waals surface area contributed by atoms with Crippen molar-refractivity contribution in [1.82, 2.24) is 4.98 Å². The molecule has 0 amide bonds. The fourth-order valence-electron chi connectivity index (χ4n) is 1.72. The summed E-state index contributed by atoms with van der Waals surface area (Å²) in [5.74, 6) is 1.05.